The van der Waals surface area contributed by atoms with Crippen molar-refractivity contribution in [2.24, 2.45) is 0 Å². The topological polar surface area (TPSA) is 93.1 Å². The second-order valence-electron chi connectivity index (χ2n) is 7.38. The second kappa shape index (κ2) is 14.7. The predicted octanol–water partition coefficient (Wildman–Crippen LogP) is 5.88. The Bertz CT molecular complexity index is 626. The van der Waals surface area contributed by atoms with Gasteiger partial charge in [-0.2, -0.15) is 0 Å². The summed E-state index contributed by atoms with van der Waals surface area (Å²) in [6.07, 6.45) is 12.1. The maximum atomic E-state index is 12.0. The molecule has 0 aliphatic rings. The Labute approximate surface area is 174 Å². The number of carbonyl (C=O) groups is 2. The Hall–Kier alpha value is -2.24. The van der Waals surface area contributed by atoms with Crippen LogP contribution in [0.4, 0.5) is 0 Å². The minimum Gasteiger partial charge on any atom is -0.504 e. The van der Waals surface area contributed by atoms with E-state index in [2.05, 4.69) is 6.92 Å². The van der Waals surface area contributed by atoms with Gasteiger partial charge in [0.2, 0.25) is 5.75 Å². The highest BCUT2D eigenvalue weighted by Crippen LogP contribution is 2.37. The molecule has 0 bridgehead atoms. The summed E-state index contributed by atoms with van der Waals surface area (Å²) in [7, 11) is 0. The Morgan fingerprint density at radius 3 is 2.03 bits per heavy atom. The van der Waals surface area contributed by atoms with Crippen molar-refractivity contribution in [2.75, 3.05) is 6.61 Å². The molecule has 0 saturated heterocycles. The van der Waals surface area contributed by atoms with E-state index in [1.54, 1.807) is 0 Å². The molecule has 0 aliphatic heterocycles. The standard InChI is InChI=1S/C23H36O6/c1-3-5-7-8-9-10-11-12-13-14-21(25)29-20-17-18(16-19(24)22(20)26)23(27)28-15-6-4-2/h16-17,24,26H,3-15H2,1-2H3. The van der Waals surface area contributed by atoms with Crippen LogP contribution in [0.15, 0.2) is 12.1 Å². The van der Waals surface area contributed by atoms with Crippen molar-refractivity contribution in [3.8, 4) is 17.2 Å². The molecule has 164 valence electrons. The quantitative estimate of drug-likeness (QED) is 0.163. The maximum absolute atomic E-state index is 12.0. The van der Waals surface area contributed by atoms with Gasteiger partial charge in [-0.15, -0.1) is 0 Å². The number of carbonyl (C=O) groups excluding carboxylic acids is 2. The highest BCUT2D eigenvalue weighted by atomic mass is 16.5. The zero-order valence-electron chi connectivity index (χ0n) is 17.9. The first-order chi connectivity index (χ1) is 14.0. The van der Waals surface area contributed by atoms with Gasteiger partial charge in [-0.3, -0.25) is 4.79 Å². The van der Waals surface area contributed by atoms with E-state index in [0.29, 0.717) is 6.42 Å². The second-order valence-corrected chi connectivity index (χ2v) is 7.38. The molecule has 0 spiro atoms. The van der Waals surface area contributed by atoms with E-state index < -0.39 is 23.4 Å². The number of esters is 2. The number of ether oxygens (including phenoxy) is 2. The van der Waals surface area contributed by atoms with E-state index in [-0.39, 0.29) is 24.3 Å². The molecule has 2 N–H and O–H groups in total. The molecule has 0 fully saturated rings. The maximum Gasteiger partial charge on any atom is 0.338 e. The third kappa shape index (κ3) is 10.2. The number of phenolic OH excluding ortho intramolecular Hbond substituents is 2. The van der Waals surface area contributed by atoms with Gasteiger partial charge in [0.1, 0.15) is 0 Å². The highest BCUT2D eigenvalue weighted by molar-refractivity contribution is 5.91. The van der Waals surface area contributed by atoms with Gasteiger partial charge in [-0.25, -0.2) is 4.79 Å². The first-order valence-corrected chi connectivity index (χ1v) is 10.9. The van der Waals surface area contributed by atoms with Crippen LogP contribution in [-0.4, -0.2) is 28.8 Å². The Morgan fingerprint density at radius 2 is 1.41 bits per heavy atom. The van der Waals surface area contributed by atoms with E-state index in [0.717, 1.165) is 31.7 Å². The minimum atomic E-state index is -0.634. The number of aromatic hydroxyl groups is 2. The summed E-state index contributed by atoms with van der Waals surface area (Å²) in [5.41, 5.74) is 0.0299. The Morgan fingerprint density at radius 1 is 0.828 bits per heavy atom. The Kier molecular flexibility index (Phi) is 12.6. The van der Waals surface area contributed by atoms with Gasteiger partial charge in [-0.1, -0.05) is 71.6 Å². The van der Waals surface area contributed by atoms with E-state index in [1.165, 1.54) is 44.6 Å². The zero-order chi connectivity index (χ0) is 21.5. The monoisotopic (exact) mass is 408 g/mol. The van der Waals surface area contributed by atoms with Crippen molar-refractivity contribution >= 4 is 11.9 Å². The number of hydrogen-bond acceptors (Lipinski definition) is 6. The fraction of sp³-hybridized carbons (Fsp3) is 0.652. The third-order valence-electron chi connectivity index (χ3n) is 4.73. The first kappa shape index (κ1) is 24.8. The van der Waals surface area contributed by atoms with Crippen LogP contribution < -0.4 is 4.74 Å². The third-order valence-corrected chi connectivity index (χ3v) is 4.73. The molecule has 0 heterocycles. The van der Waals surface area contributed by atoms with Crippen LogP contribution in [0.2, 0.25) is 0 Å². The molecule has 0 aliphatic carbocycles. The van der Waals surface area contributed by atoms with E-state index in [1.807, 2.05) is 6.92 Å². The van der Waals surface area contributed by atoms with Crippen molar-refractivity contribution in [1.82, 2.24) is 0 Å². The van der Waals surface area contributed by atoms with Gasteiger partial charge in [0.05, 0.1) is 12.2 Å². The molecule has 0 radical (unpaired) electrons. The molecule has 0 amide bonds. The molecule has 6 heteroatoms. The predicted molar refractivity (Wildman–Crippen MR) is 112 cm³/mol. The van der Waals surface area contributed by atoms with Gasteiger partial charge in [0.25, 0.3) is 0 Å². The molecular weight excluding hydrogens is 372 g/mol. The lowest BCUT2D eigenvalue weighted by Crippen LogP contribution is -2.10. The van der Waals surface area contributed by atoms with E-state index in [4.69, 9.17) is 9.47 Å². The van der Waals surface area contributed by atoms with Crippen molar-refractivity contribution < 1.29 is 29.3 Å². The molecule has 1 aromatic carbocycles. The fourth-order valence-electron chi connectivity index (χ4n) is 2.93. The number of unbranched alkanes of at least 4 members (excludes halogenated alkanes) is 9. The summed E-state index contributed by atoms with van der Waals surface area (Å²) in [5, 5.41) is 19.7. The molecule has 0 saturated carbocycles. The lowest BCUT2D eigenvalue weighted by Gasteiger charge is -2.10. The minimum absolute atomic E-state index is 0.0299. The van der Waals surface area contributed by atoms with Gasteiger partial charge >= 0.3 is 11.9 Å². The molecule has 29 heavy (non-hydrogen) atoms. The number of benzene rings is 1. The smallest absolute Gasteiger partial charge is 0.338 e. The lowest BCUT2D eigenvalue weighted by atomic mass is 10.1. The average molecular weight is 409 g/mol. The van der Waals surface area contributed by atoms with Gasteiger partial charge < -0.3 is 19.7 Å². The summed E-state index contributed by atoms with van der Waals surface area (Å²) in [5.74, 6) is -2.45. The van der Waals surface area contributed by atoms with Crippen LogP contribution in [-0.2, 0) is 9.53 Å². The van der Waals surface area contributed by atoms with Gasteiger partial charge in [0.15, 0.2) is 11.5 Å². The molecule has 1 rings (SSSR count). The molecule has 6 nitrogen and oxygen atoms in total. The zero-order valence-corrected chi connectivity index (χ0v) is 17.9. The molecular formula is C23H36O6. The van der Waals surface area contributed by atoms with Crippen LogP contribution >= 0.6 is 0 Å². The summed E-state index contributed by atoms with van der Waals surface area (Å²) >= 11 is 0. The van der Waals surface area contributed by atoms with Gasteiger partial charge in [0, 0.05) is 6.42 Å². The average Bonchev–Trinajstić information content (AvgIpc) is 2.70. The van der Waals surface area contributed by atoms with Crippen molar-refractivity contribution in [3.63, 3.8) is 0 Å². The van der Waals surface area contributed by atoms with Crippen LogP contribution in [0.5, 0.6) is 17.2 Å². The van der Waals surface area contributed by atoms with E-state index in [9.17, 15) is 19.8 Å². The molecule has 1 aromatic rings. The largest absolute Gasteiger partial charge is 0.504 e. The molecule has 0 aromatic heterocycles. The summed E-state index contributed by atoms with van der Waals surface area (Å²) in [4.78, 5) is 24.1. The first-order valence-electron chi connectivity index (χ1n) is 10.9. The molecule has 0 unspecified atom stereocenters. The summed E-state index contributed by atoms with van der Waals surface area (Å²) < 4.78 is 10.2. The fourth-order valence-corrected chi connectivity index (χ4v) is 2.93. The lowest BCUT2D eigenvalue weighted by molar-refractivity contribution is -0.134. The number of rotatable bonds is 15. The van der Waals surface area contributed by atoms with Crippen molar-refractivity contribution in [3.05, 3.63) is 17.7 Å². The summed E-state index contributed by atoms with van der Waals surface area (Å²) in [6, 6.07) is 2.32. The normalized spacial score (nSPS) is 10.7. The highest BCUT2D eigenvalue weighted by Gasteiger charge is 2.18. The molecule has 0 atom stereocenters. The summed E-state index contributed by atoms with van der Waals surface area (Å²) in [6.45, 7) is 4.45. The number of phenols is 2. The number of hydrogen-bond donors (Lipinski definition) is 2. The van der Waals surface area contributed by atoms with Crippen molar-refractivity contribution in [2.45, 2.75) is 90.9 Å². The van der Waals surface area contributed by atoms with Crippen LogP contribution in [0.1, 0.15) is 101 Å². The van der Waals surface area contributed by atoms with Crippen molar-refractivity contribution in [1.29, 1.82) is 0 Å². The van der Waals surface area contributed by atoms with E-state index >= 15 is 0 Å². The SMILES string of the molecule is CCCCCCCCCCCC(=O)Oc1cc(C(=O)OCCCC)cc(O)c1O. The van der Waals surface area contributed by atoms with Crippen LogP contribution in [0, 0.1) is 0 Å². The van der Waals surface area contributed by atoms with Gasteiger partial charge in [-0.05, 0) is 25.0 Å². The van der Waals surface area contributed by atoms with Crippen LogP contribution in [0.3, 0.4) is 0 Å². The Balaban J connectivity index is 2.41. The van der Waals surface area contributed by atoms with Crippen LogP contribution in [0.25, 0.3) is 0 Å².